The van der Waals surface area contributed by atoms with Gasteiger partial charge in [0.15, 0.2) is 5.96 Å². The van der Waals surface area contributed by atoms with Gasteiger partial charge in [-0.3, -0.25) is 72.5 Å². The first-order valence-electron chi connectivity index (χ1n) is 41.5. The maximum Gasteiger partial charge on any atom is 0.305 e. The molecule has 24 N–H and O–H groups in total. The number of aromatic hydroxyl groups is 1. The van der Waals surface area contributed by atoms with E-state index in [9.17, 15) is 72.9 Å². The molecule has 13 amide bonds. The number of phenols is 1. The van der Waals surface area contributed by atoms with E-state index in [-0.39, 0.29) is 82.1 Å². The number of guanidine groups is 1. The van der Waals surface area contributed by atoms with Crippen LogP contribution < -0.4 is 86.7 Å². The molecule has 0 aliphatic rings. The van der Waals surface area contributed by atoms with Crippen LogP contribution in [0.2, 0.25) is 0 Å². The Morgan fingerprint density at radius 2 is 0.864 bits per heavy atom. The molecule has 0 aliphatic carbocycles. The molecule has 668 valence electrons. The Morgan fingerprint density at radius 1 is 0.432 bits per heavy atom. The summed E-state index contributed by atoms with van der Waals surface area (Å²) in [6.07, 6.45) is 6.20. The average molecular weight is 1720 g/mol. The molecule has 1 heterocycles. The van der Waals surface area contributed by atoms with Crippen LogP contribution in [-0.4, -0.2) is 200 Å². The minimum Gasteiger partial charge on any atom is -0.508 e. The molecule has 0 radical (unpaired) electrons. The maximum atomic E-state index is 15.1. The number of hydrogen-bond donors (Lipinski definition) is 20. The summed E-state index contributed by atoms with van der Waals surface area (Å²) in [7, 11) is 0. The highest BCUT2D eigenvalue weighted by Gasteiger charge is 2.40. The number of carboxylic acid groups (broad SMARTS) is 1. The summed E-state index contributed by atoms with van der Waals surface area (Å²) in [6.45, 7) is 1.52. The van der Waals surface area contributed by atoms with Crippen LogP contribution in [0.1, 0.15) is 143 Å². The monoisotopic (exact) mass is 1720 g/mol. The number of benzene rings is 6. The summed E-state index contributed by atoms with van der Waals surface area (Å²) < 4.78 is 1.97. The second kappa shape index (κ2) is 51.1. The molecule has 0 saturated carbocycles. The van der Waals surface area contributed by atoms with Crippen LogP contribution in [0.4, 0.5) is 0 Å². The summed E-state index contributed by atoms with van der Waals surface area (Å²) in [5, 5.41) is 68.6. The van der Waals surface area contributed by atoms with E-state index in [0.29, 0.717) is 35.2 Å². The lowest BCUT2D eigenvalue weighted by Crippen LogP contribution is -2.61. The van der Waals surface area contributed by atoms with E-state index in [2.05, 4.69) is 70.7 Å². The van der Waals surface area contributed by atoms with E-state index in [4.69, 9.17) is 33.3 Å². The highest BCUT2D eigenvalue weighted by atomic mass is 16.4. The van der Waals surface area contributed by atoms with Gasteiger partial charge in [-0.2, -0.15) is 0 Å². The lowest BCUT2D eigenvalue weighted by molar-refractivity contribution is -0.141. The minimum absolute atomic E-state index is 0.00658. The molecule has 6 aromatic carbocycles. The number of amides is 13. The number of unbranched alkanes of at least 4 members (excludes halogenated alkanes) is 5. The summed E-state index contributed by atoms with van der Waals surface area (Å²) in [4.78, 5) is 197. The quantitative estimate of drug-likeness (QED) is 0.0108. The third-order valence-corrected chi connectivity index (χ3v) is 20.6. The van der Waals surface area contributed by atoms with Crippen molar-refractivity contribution in [3.05, 3.63) is 228 Å². The molecule has 0 spiro atoms. The number of aliphatic hydroxyl groups excluding tert-OH is 1. The van der Waals surface area contributed by atoms with Crippen LogP contribution in [-0.2, 0) is 98.3 Å². The Kier molecular flexibility index (Phi) is 40.2. The largest absolute Gasteiger partial charge is 0.508 e. The number of carbonyl (C=O) groups excluding carboxylic acids is 13. The number of aromatic nitrogens is 2. The van der Waals surface area contributed by atoms with Crippen molar-refractivity contribution in [3.63, 3.8) is 0 Å². The number of carboxylic acids is 1. The van der Waals surface area contributed by atoms with Gasteiger partial charge in [0.05, 0.1) is 37.6 Å². The summed E-state index contributed by atoms with van der Waals surface area (Å²) in [5.41, 5.74) is 27.0. The van der Waals surface area contributed by atoms with Crippen LogP contribution in [0.5, 0.6) is 5.75 Å². The second-order valence-electron chi connectivity index (χ2n) is 30.3. The van der Waals surface area contributed by atoms with E-state index < -0.39 is 175 Å². The normalized spacial score (nSPS) is 13.5. The number of aliphatic hydroxyl groups is 1. The third kappa shape index (κ3) is 32.5. The average Bonchev–Trinajstić information content (AvgIpc) is 1.72. The van der Waals surface area contributed by atoms with Crippen molar-refractivity contribution in [3.8, 4) is 5.75 Å². The maximum absolute atomic E-state index is 15.1. The molecule has 0 fully saturated rings. The Bertz CT molecular complexity index is 4630. The number of primary amides is 2. The molecule has 36 nitrogen and oxygen atoms in total. The van der Waals surface area contributed by atoms with Crippen molar-refractivity contribution in [2.45, 2.75) is 195 Å². The van der Waals surface area contributed by atoms with Gasteiger partial charge in [-0.25, -0.2) is 4.98 Å². The van der Waals surface area contributed by atoms with Crippen LogP contribution >= 0.6 is 0 Å². The number of hydrogen-bond acceptors (Lipinski definition) is 19. The number of nitrogens with zero attached hydrogens (tertiary/aromatic N) is 2. The van der Waals surface area contributed by atoms with Gasteiger partial charge < -0.3 is 107 Å². The molecule has 0 saturated heterocycles. The third-order valence-electron chi connectivity index (χ3n) is 20.6. The predicted molar refractivity (Wildman–Crippen MR) is 463 cm³/mol. The predicted octanol–water partition coefficient (Wildman–Crippen LogP) is 0.654. The molecule has 125 heavy (non-hydrogen) atoms. The van der Waals surface area contributed by atoms with Crippen LogP contribution in [0, 0.1) is 5.41 Å². The zero-order valence-electron chi connectivity index (χ0n) is 70.0. The van der Waals surface area contributed by atoms with Gasteiger partial charge in [-0.1, -0.05) is 196 Å². The van der Waals surface area contributed by atoms with Gasteiger partial charge in [-0.15, -0.1) is 0 Å². The first-order valence-corrected chi connectivity index (χ1v) is 41.5. The Morgan fingerprint density at radius 3 is 1.37 bits per heavy atom. The number of carbonyl (C=O) groups is 14. The van der Waals surface area contributed by atoms with Gasteiger partial charge in [0.2, 0.25) is 76.8 Å². The second-order valence-corrected chi connectivity index (χ2v) is 30.3. The molecule has 7 aromatic rings. The minimum atomic E-state index is -2.03. The number of rotatable bonds is 54. The molecule has 36 heteroatoms. The SMILES string of the molecule is CCCCCCCC(=O)NCCCC[C@H](NC(=O)[C@@H](N)Cc1cn(C(c2ccccc2)(c2ccccc2)c2ccccc2)cn1)C(=O)N[C@@H](Cc1ccccc1)C(=O)N[C@@H](Cc1ccc(O)cc1)C(=O)N[C@@H](CO)C(=O)N[C@@H](CCC(N)=O)C(=O)N[C@@H](CC(=O)O)C(=O)NCC(=O)N[C@@H](C)C(=O)N[C@@H](CCCNC(=N)N)C(=O)N[C@@H](Cc1ccccc1)C(N)=O. The first-order chi connectivity index (χ1) is 60.0. The fourth-order valence-corrected chi connectivity index (χ4v) is 13.9. The molecular weight excluding hydrogens is 1610 g/mol. The van der Waals surface area contributed by atoms with Gasteiger partial charge in [0.25, 0.3) is 0 Å². The highest BCUT2D eigenvalue weighted by Crippen LogP contribution is 2.41. The molecule has 0 unspecified atom stereocenters. The molecule has 1 aromatic heterocycles. The topological polar surface area (TPSA) is 590 Å². The molecule has 0 aliphatic heterocycles. The van der Waals surface area contributed by atoms with Crippen molar-refractivity contribution in [1.29, 1.82) is 5.41 Å². The van der Waals surface area contributed by atoms with Crippen molar-refractivity contribution < 1.29 is 82.4 Å². The summed E-state index contributed by atoms with van der Waals surface area (Å²) in [5.74, 6) is -14.6. The van der Waals surface area contributed by atoms with E-state index in [1.165, 1.54) is 31.2 Å². The van der Waals surface area contributed by atoms with Gasteiger partial charge in [0.1, 0.15) is 65.7 Å². The van der Waals surface area contributed by atoms with E-state index in [1.54, 1.807) is 67.0 Å². The smallest absolute Gasteiger partial charge is 0.305 e. The fourth-order valence-electron chi connectivity index (χ4n) is 13.9. The Hall–Kier alpha value is -13.9. The van der Waals surface area contributed by atoms with Gasteiger partial charge in [0, 0.05) is 57.8 Å². The lowest BCUT2D eigenvalue weighted by atomic mass is 9.77. The number of imidazole rings is 1. The summed E-state index contributed by atoms with van der Waals surface area (Å²) >= 11 is 0. The number of phenolic OH excluding ortho intramolecular Hbond substituents is 1. The van der Waals surface area contributed by atoms with Crippen molar-refractivity contribution in [2.75, 3.05) is 26.2 Å². The van der Waals surface area contributed by atoms with E-state index in [0.717, 1.165) is 48.8 Å². The Balaban J connectivity index is 1.06. The van der Waals surface area contributed by atoms with E-state index >= 15 is 9.59 Å². The molecule has 7 rings (SSSR count). The number of nitrogens with two attached hydrogens (primary N) is 4. The van der Waals surface area contributed by atoms with Crippen LogP contribution in [0.15, 0.2) is 188 Å². The van der Waals surface area contributed by atoms with Crippen LogP contribution in [0.3, 0.4) is 0 Å². The lowest BCUT2D eigenvalue weighted by Gasteiger charge is -2.37. The van der Waals surface area contributed by atoms with Crippen molar-refractivity contribution >= 4 is 88.7 Å². The standard InChI is InChI=1S/C89H115N19O17/c1-3-4-5-6-22-38-75(112)95-45-24-23-36-66(101-80(118)65(90)50-63-53-108(55-98-63)89(60-30-16-9-17-31-60,61-32-18-10-19-33-61)62-34-20-11-21-35-62)83(121)104-70(48-58-28-14-8-15-29-58)85(123)105-71(49-59-39-41-64(110)42-40-59)86(124)107-73(54-109)87(125)102-68(43-44-74(91)111)84(122)106-72(51-77(114)115)81(119)97-52-76(113)99-56(2)79(117)100-67(37-25-46-96-88(93)94)82(120)103-69(78(92)116)47-57-26-12-7-13-27-57/h7-21,26-35,39-42,53,55-56,65-73,109-110H,3-6,22-25,36-38,43-52,54,90H2,1-2H3,(H2,91,111)(H2,92,116)(H,95,112)(H,97,119)(H,99,113)(H,100,117)(H,101,118)(H,102,125)(H,103,120)(H,104,121)(H,105,123)(H,106,122)(H,107,124)(H,114,115)(H4,93,94,96)/t56-,65-,66-,67-,68-,69-,70-,71-,72-,73-/m0/s1. The number of aliphatic carboxylic acids is 1. The summed E-state index contributed by atoms with van der Waals surface area (Å²) in [6, 6.07) is 36.3. The zero-order chi connectivity index (χ0) is 90.8. The van der Waals surface area contributed by atoms with Gasteiger partial charge in [-0.05, 0) is 97.4 Å². The fraction of sp³-hybridized carbons (Fsp3) is 0.393. The van der Waals surface area contributed by atoms with Crippen LogP contribution in [0.25, 0.3) is 0 Å². The van der Waals surface area contributed by atoms with E-state index in [1.807, 2.05) is 102 Å². The molecule has 0 bridgehead atoms. The molecule has 10 atom stereocenters. The number of nitrogens with one attached hydrogen (secondary N) is 13. The van der Waals surface area contributed by atoms with Crippen molar-refractivity contribution in [1.82, 2.24) is 73.4 Å². The first kappa shape index (κ1) is 98.2. The molecular formula is C89H115N19O17. The zero-order valence-corrected chi connectivity index (χ0v) is 70.0. The Labute approximate surface area is 724 Å². The highest BCUT2D eigenvalue weighted by molar-refractivity contribution is 5.99. The van der Waals surface area contributed by atoms with Crippen molar-refractivity contribution in [2.24, 2.45) is 22.9 Å². The van der Waals surface area contributed by atoms with Gasteiger partial charge >= 0.3 is 5.97 Å².